The van der Waals surface area contributed by atoms with Crippen LogP contribution in [0.3, 0.4) is 0 Å². The summed E-state index contributed by atoms with van der Waals surface area (Å²) in [6, 6.07) is 17.5. The van der Waals surface area contributed by atoms with Gasteiger partial charge in [-0.2, -0.15) is 0 Å². The van der Waals surface area contributed by atoms with E-state index in [4.69, 9.17) is 9.47 Å². The highest BCUT2D eigenvalue weighted by molar-refractivity contribution is 8.08. The van der Waals surface area contributed by atoms with Gasteiger partial charge in [0.2, 0.25) is 0 Å². The number of allylic oxidation sites excluding steroid dienone is 1. The molecule has 0 fully saturated rings. The third-order valence-electron chi connectivity index (χ3n) is 4.46. The summed E-state index contributed by atoms with van der Waals surface area (Å²) in [6.45, 7) is 3.88. The molecule has 0 unspecified atom stereocenters. The van der Waals surface area contributed by atoms with Gasteiger partial charge in [0.05, 0.1) is 13.2 Å². The number of carbonyl (C=O) groups is 2. The average molecular weight is 382 g/mol. The van der Waals surface area contributed by atoms with Gasteiger partial charge < -0.3 is 9.47 Å². The van der Waals surface area contributed by atoms with Crippen molar-refractivity contribution in [2.75, 3.05) is 13.2 Å². The molecule has 0 atom stereocenters. The van der Waals surface area contributed by atoms with Crippen LogP contribution in [-0.4, -0.2) is 25.2 Å². The van der Waals surface area contributed by atoms with Crippen LogP contribution in [0.2, 0.25) is 0 Å². The van der Waals surface area contributed by atoms with Crippen LogP contribution < -0.4 is 0 Å². The highest BCUT2D eigenvalue weighted by Gasteiger charge is 2.52. The fourth-order valence-electron chi connectivity index (χ4n) is 3.23. The van der Waals surface area contributed by atoms with Gasteiger partial charge in [0.15, 0.2) is 5.41 Å². The number of thioether (sulfide) groups is 1. The molecule has 0 aromatic heterocycles. The summed E-state index contributed by atoms with van der Waals surface area (Å²) < 4.78 is 10.6. The molecule has 0 spiro atoms. The summed E-state index contributed by atoms with van der Waals surface area (Å²) in [5.74, 6) is -1.12. The number of fused-ring (bicyclic) bond motifs is 1. The van der Waals surface area contributed by atoms with Gasteiger partial charge >= 0.3 is 11.9 Å². The van der Waals surface area contributed by atoms with Crippen LogP contribution in [0.15, 0.2) is 65.6 Å². The average Bonchev–Trinajstić information content (AvgIpc) is 2.69. The zero-order valence-electron chi connectivity index (χ0n) is 15.4. The van der Waals surface area contributed by atoms with E-state index in [-0.39, 0.29) is 19.6 Å². The molecule has 2 aromatic carbocycles. The molecule has 5 heteroatoms. The van der Waals surface area contributed by atoms with Crippen LogP contribution in [0.5, 0.6) is 0 Å². The van der Waals surface area contributed by atoms with E-state index in [0.717, 1.165) is 15.4 Å². The van der Waals surface area contributed by atoms with E-state index in [9.17, 15) is 9.59 Å². The molecule has 0 heterocycles. The van der Waals surface area contributed by atoms with E-state index in [1.807, 2.05) is 60.7 Å². The highest BCUT2D eigenvalue weighted by Crippen LogP contribution is 2.46. The van der Waals surface area contributed by atoms with Gasteiger partial charge in [-0.05, 0) is 43.5 Å². The monoisotopic (exact) mass is 382 g/mol. The lowest BCUT2D eigenvalue weighted by atomic mass is 9.72. The summed E-state index contributed by atoms with van der Waals surface area (Å²) in [4.78, 5) is 27.9. The second-order valence-corrected chi connectivity index (χ2v) is 7.19. The lowest BCUT2D eigenvalue weighted by molar-refractivity contribution is -0.164. The van der Waals surface area contributed by atoms with Gasteiger partial charge in [0.1, 0.15) is 0 Å². The molecule has 0 saturated heterocycles. The maximum Gasteiger partial charge on any atom is 0.328 e. The maximum absolute atomic E-state index is 12.9. The van der Waals surface area contributed by atoms with Crippen molar-refractivity contribution in [1.29, 1.82) is 0 Å². The number of carbonyl (C=O) groups excluding carboxylic acids is 2. The van der Waals surface area contributed by atoms with Crippen molar-refractivity contribution in [3.63, 3.8) is 0 Å². The number of hydrogen-bond acceptors (Lipinski definition) is 5. The first-order chi connectivity index (χ1) is 13.1. The van der Waals surface area contributed by atoms with Crippen LogP contribution in [0.1, 0.15) is 31.4 Å². The van der Waals surface area contributed by atoms with Crippen LogP contribution in [0.25, 0.3) is 4.91 Å². The summed E-state index contributed by atoms with van der Waals surface area (Å²) in [5, 5.41) is 0. The van der Waals surface area contributed by atoms with Crippen molar-refractivity contribution in [2.45, 2.75) is 30.6 Å². The largest absolute Gasteiger partial charge is 0.465 e. The second kappa shape index (κ2) is 8.44. The Morgan fingerprint density at radius 1 is 0.926 bits per heavy atom. The Labute approximate surface area is 163 Å². The molecule has 0 amide bonds. The van der Waals surface area contributed by atoms with E-state index in [1.165, 1.54) is 0 Å². The van der Waals surface area contributed by atoms with E-state index in [0.29, 0.717) is 5.56 Å². The van der Waals surface area contributed by atoms with Crippen LogP contribution in [0.4, 0.5) is 0 Å². The Morgan fingerprint density at radius 3 is 2.15 bits per heavy atom. The van der Waals surface area contributed by atoms with Crippen molar-refractivity contribution >= 4 is 28.6 Å². The molecule has 0 bridgehead atoms. The predicted octanol–water partition coefficient (Wildman–Crippen LogP) is 4.59. The van der Waals surface area contributed by atoms with Crippen molar-refractivity contribution in [3.8, 4) is 0 Å². The summed E-state index contributed by atoms with van der Waals surface area (Å²) in [5.41, 5.74) is 0.0464. The minimum Gasteiger partial charge on any atom is -0.465 e. The standard InChI is InChI=1S/C22H22O4S/c1-3-25-20(23)22(21(24)26-4-2)15-14-19(17-12-8-9-13-18(17)22)27-16-10-6-5-7-11-16/h5-14H,3-4,15H2,1-2H3. The molecule has 4 nitrogen and oxygen atoms in total. The third-order valence-corrected chi connectivity index (χ3v) is 5.58. The predicted molar refractivity (Wildman–Crippen MR) is 106 cm³/mol. The van der Waals surface area contributed by atoms with Gasteiger partial charge in [-0.25, -0.2) is 0 Å². The Morgan fingerprint density at radius 2 is 1.52 bits per heavy atom. The van der Waals surface area contributed by atoms with Crippen LogP contribution in [0, 0.1) is 0 Å². The maximum atomic E-state index is 12.9. The minimum absolute atomic E-state index is 0.206. The Bertz CT molecular complexity index is 840. The molecular formula is C22H22O4S. The Hall–Kier alpha value is -2.53. The van der Waals surface area contributed by atoms with Gasteiger partial charge in [-0.3, -0.25) is 9.59 Å². The molecule has 27 heavy (non-hydrogen) atoms. The van der Waals surface area contributed by atoms with E-state index >= 15 is 0 Å². The first kappa shape index (κ1) is 19.2. The lowest BCUT2D eigenvalue weighted by Crippen LogP contribution is -2.47. The van der Waals surface area contributed by atoms with Gasteiger partial charge in [-0.1, -0.05) is 60.3 Å². The molecule has 0 radical (unpaired) electrons. The number of ether oxygens (including phenoxy) is 2. The van der Waals surface area contributed by atoms with Gasteiger partial charge in [0, 0.05) is 9.80 Å². The SMILES string of the molecule is CCOC(=O)C1(C(=O)OCC)CC=C(Sc2ccccc2)c2ccccc21. The van der Waals surface area contributed by atoms with Crippen molar-refractivity contribution < 1.29 is 19.1 Å². The topological polar surface area (TPSA) is 52.6 Å². The number of hydrogen-bond donors (Lipinski definition) is 0. The molecule has 1 aliphatic carbocycles. The summed E-state index contributed by atoms with van der Waals surface area (Å²) in [7, 11) is 0. The summed E-state index contributed by atoms with van der Waals surface area (Å²) >= 11 is 1.61. The zero-order chi connectivity index (χ0) is 19.3. The van der Waals surface area contributed by atoms with Crippen molar-refractivity contribution in [3.05, 3.63) is 71.8 Å². The number of esters is 2. The van der Waals surface area contributed by atoms with E-state index in [2.05, 4.69) is 0 Å². The molecule has 0 N–H and O–H groups in total. The normalized spacial score (nSPS) is 14.7. The quantitative estimate of drug-likeness (QED) is 0.540. The zero-order valence-corrected chi connectivity index (χ0v) is 16.3. The van der Waals surface area contributed by atoms with E-state index < -0.39 is 17.4 Å². The first-order valence-electron chi connectivity index (χ1n) is 9.00. The Kier molecular flexibility index (Phi) is 6.01. The molecule has 1 aliphatic rings. The molecule has 3 rings (SSSR count). The minimum atomic E-state index is -1.45. The van der Waals surface area contributed by atoms with Gasteiger partial charge in [-0.15, -0.1) is 0 Å². The van der Waals surface area contributed by atoms with Crippen molar-refractivity contribution in [2.24, 2.45) is 0 Å². The van der Waals surface area contributed by atoms with Crippen LogP contribution in [-0.2, 0) is 24.5 Å². The van der Waals surface area contributed by atoms with Crippen LogP contribution >= 0.6 is 11.8 Å². The fourth-order valence-corrected chi connectivity index (χ4v) is 4.23. The smallest absolute Gasteiger partial charge is 0.328 e. The third kappa shape index (κ3) is 3.65. The number of benzene rings is 2. The van der Waals surface area contributed by atoms with Gasteiger partial charge in [0.25, 0.3) is 0 Å². The van der Waals surface area contributed by atoms with Crippen molar-refractivity contribution in [1.82, 2.24) is 0 Å². The molecular weight excluding hydrogens is 360 g/mol. The molecule has 0 aliphatic heterocycles. The highest BCUT2D eigenvalue weighted by atomic mass is 32.2. The lowest BCUT2D eigenvalue weighted by Gasteiger charge is -2.34. The molecule has 140 valence electrons. The number of rotatable bonds is 6. The Balaban J connectivity index is 2.08. The second-order valence-electron chi connectivity index (χ2n) is 6.08. The summed E-state index contributed by atoms with van der Waals surface area (Å²) in [6.07, 6.45) is 2.16. The molecule has 0 saturated carbocycles. The molecule has 2 aromatic rings. The van der Waals surface area contributed by atoms with E-state index in [1.54, 1.807) is 25.6 Å². The first-order valence-corrected chi connectivity index (χ1v) is 9.82. The fraction of sp³-hybridized carbons (Fsp3) is 0.273.